The number of benzene rings is 2. The van der Waals surface area contributed by atoms with E-state index in [-0.39, 0.29) is 11.9 Å². The van der Waals surface area contributed by atoms with E-state index in [0.29, 0.717) is 6.42 Å². The van der Waals surface area contributed by atoms with Crippen molar-refractivity contribution in [2.24, 2.45) is 0 Å². The zero-order chi connectivity index (χ0) is 18.5. The van der Waals surface area contributed by atoms with Gasteiger partial charge in [-0.25, -0.2) is 4.79 Å². The number of hydrogen-bond donors (Lipinski definition) is 1. The summed E-state index contributed by atoms with van der Waals surface area (Å²) in [5.74, 6) is -0.00731. The Hall–Kier alpha value is -2.82. The first kappa shape index (κ1) is 18.0. The van der Waals surface area contributed by atoms with Gasteiger partial charge in [0.1, 0.15) is 0 Å². The molecule has 0 bridgehead atoms. The van der Waals surface area contributed by atoms with E-state index in [2.05, 4.69) is 36.5 Å². The number of carbonyl (C=O) groups is 2. The van der Waals surface area contributed by atoms with Crippen LogP contribution in [0.2, 0.25) is 0 Å². The maximum absolute atomic E-state index is 12.2. The number of carbonyl (C=O) groups excluding carboxylic acids is 2. The van der Waals surface area contributed by atoms with Crippen LogP contribution in [0.15, 0.2) is 48.5 Å². The minimum Gasteiger partial charge on any atom is -0.327 e. The molecule has 1 aliphatic heterocycles. The lowest BCUT2D eigenvalue weighted by molar-refractivity contribution is -0.116. The maximum atomic E-state index is 12.2. The van der Waals surface area contributed by atoms with Crippen LogP contribution in [0.25, 0.3) is 0 Å². The number of nitrogens with zero attached hydrogens (tertiary/aromatic N) is 2. The van der Waals surface area contributed by atoms with Crippen molar-refractivity contribution < 1.29 is 9.59 Å². The van der Waals surface area contributed by atoms with E-state index in [9.17, 15) is 9.59 Å². The first-order valence-electron chi connectivity index (χ1n) is 9.01. The van der Waals surface area contributed by atoms with Crippen molar-refractivity contribution in [3.05, 3.63) is 59.7 Å². The fraction of sp³-hybridized carbons (Fsp3) is 0.333. The normalized spacial score (nSPS) is 14.5. The van der Waals surface area contributed by atoms with Gasteiger partial charge in [0, 0.05) is 37.9 Å². The highest BCUT2D eigenvalue weighted by Crippen LogP contribution is 2.22. The van der Waals surface area contributed by atoms with Gasteiger partial charge in [0.2, 0.25) is 5.91 Å². The number of hydrogen-bond acceptors (Lipinski definition) is 2. The van der Waals surface area contributed by atoms with E-state index >= 15 is 0 Å². The molecular formula is C21H25N3O2. The van der Waals surface area contributed by atoms with Crippen LogP contribution in [0, 0.1) is 6.92 Å². The Morgan fingerprint density at radius 1 is 1.04 bits per heavy atom. The lowest BCUT2D eigenvalue weighted by Crippen LogP contribution is -2.47. The molecule has 1 fully saturated rings. The molecule has 1 heterocycles. The van der Waals surface area contributed by atoms with Crippen LogP contribution in [0.5, 0.6) is 0 Å². The molecule has 0 saturated carbocycles. The third-order valence-electron chi connectivity index (χ3n) is 4.66. The predicted molar refractivity (Wildman–Crippen MR) is 105 cm³/mol. The van der Waals surface area contributed by atoms with Gasteiger partial charge >= 0.3 is 6.03 Å². The lowest BCUT2D eigenvalue weighted by Gasteiger charge is -2.33. The van der Waals surface area contributed by atoms with Crippen molar-refractivity contribution in [3.8, 4) is 0 Å². The molecule has 5 nitrogen and oxygen atoms in total. The van der Waals surface area contributed by atoms with Crippen molar-refractivity contribution in [1.82, 2.24) is 4.90 Å². The van der Waals surface area contributed by atoms with Crippen LogP contribution >= 0.6 is 0 Å². The fourth-order valence-electron chi connectivity index (χ4n) is 3.06. The van der Waals surface area contributed by atoms with E-state index in [0.717, 1.165) is 42.9 Å². The number of rotatable bonds is 5. The SMILES string of the molecule is Cc1ccc(CCC(=O)Nc2ccc(N3CCCN(C)C3=O)cc2)cc1. The summed E-state index contributed by atoms with van der Waals surface area (Å²) in [6, 6.07) is 15.7. The Balaban J connectivity index is 1.54. The molecular weight excluding hydrogens is 326 g/mol. The van der Waals surface area contributed by atoms with Crippen LogP contribution in [0.4, 0.5) is 16.2 Å². The molecule has 0 atom stereocenters. The van der Waals surface area contributed by atoms with Crippen molar-refractivity contribution in [3.63, 3.8) is 0 Å². The molecule has 0 spiro atoms. The minimum absolute atomic E-state index is 0.00731. The van der Waals surface area contributed by atoms with Crippen LogP contribution in [-0.2, 0) is 11.2 Å². The van der Waals surface area contributed by atoms with Gasteiger partial charge in [-0.2, -0.15) is 0 Å². The average molecular weight is 351 g/mol. The van der Waals surface area contributed by atoms with Crippen LogP contribution in [0.3, 0.4) is 0 Å². The molecule has 1 saturated heterocycles. The molecule has 5 heteroatoms. The summed E-state index contributed by atoms with van der Waals surface area (Å²) in [5.41, 5.74) is 3.99. The van der Waals surface area contributed by atoms with Gasteiger partial charge < -0.3 is 10.2 Å². The summed E-state index contributed by atoms with van der Waals surface area (Å²) in [4.78, 5) is 27.9. The van der Waals surface area contributed by atoms with Gasteiger partial charge in [0.25, 0.3) is 0 Å². The Bertz CT molecular complexity index is 769. The van der Waals surface area contributed by atoms with E-state index in [1.807, 2.05) is 31.3 Å². The van der Waals surface area contributed by atoms with E-state index in [4.69, 9.17) is 0 Å². The number of anilines is 2. The largest absolute Gasteiger partial charge is 0.327 e. The van der Waals surface area contributed by atoms with Gasteiger partial charge in [-0.05, 0) is 49.6 Å². The van der Waals surface area contributed by atoms with Gasteiger partial charge in [0.15, 0.2) is 0 Å². The summed E-state index contributed by atoms with van der Waals surface area (Å²) < 4.78 is 0. The number of urea groups is 1. The molecule has 1 aliphatic rings. The lowest BCUT2D eigenvalue weighted by atomic mass is 10.1. The third-order valence-corrected chi connectivity index (χ3v) is 4.66. The molecule has 2 aromatic carbocycles. The molecule has 136 valence electrons. The molecule has 0 aromatic heterocycles. The summed E-state index contributed by atoms with van der Waals surface area (Å²) in [7, 11) is 1.82. The van der Waals surface area contributed by atoms with Gasteiger partial charge in [0.05, 0.1) is 0 Å². The molecule has 2 aromatic rings. The first-order chi connectivity index (χ1) is 12.5. The fourth-order valence-corrected chi connectivity index (χ4v) is 3.06. The molecule has 1 N–H and O–H groups in total. The van der Waals surface area contributed by atoms with Crippen LogP contribution < -0.4 is 10.2 Å². The van der Waals surface area contributed by atoms with Crippen LogP contribution in [-0.4, -0.2) is 37.0 Å². The molecule has 3 amide bonds. The number of nitrogens with one attached hydrogen (secondary N) is 1. The monoisotopic (exact) mass is 351 g/mol. The highest BCUT2D eigenvalue weighted by atomic mass is 16.2. The smallest absolute Gasteiger partial charge is 0.324 e. The number of aryl methyl sites for hydroxylation is 2. The van der Waals surface area contributed by atoms with E-state index in [1.54, 1.807) is 9.80 Å². The van der Waals surface area contributed by atoms with Crippen molar-refractivity contribution in [1.29, 1.82) is 0 Å². The highest BCUT2D eigenvalue weighted by molar-refractivity contribution is 5.94. The highest BCUT2D eigenvalue weighted by Gasteiger charge is 2.23. The second kappa shape index (κ2) is 8.04. The molecule has 0 aliphatic carbocycles. The van der Waals surface area contributed by atoms with Gasteiger partial charge in [-0.3, -0.25) is 9.69 Å². The van der Waals surface area contributed by atoms with Gasteiger partial charge in [-0.1, -0.05) is 29.8 Å². The second-order valence-electron chi connectivity index (χ2n) is 6.79. The summed E-state index contributed by atoms with van der Waals surface area (Å²) in [6.45, 7) is 3.57. The predicted octanol–water partition coefficient (Wildman–Crippen LogP) is 3.83. The number of amides is 3. The topological polar surface area (TPSA) is 52.7 Å². The molecule has 0 radical (unpaired) electrons. The average Bonchev–Trinajstić information content (AvgIpc) is 2.64. The maximum Gasteiger partial charge on any atom is 0.324 e. The molecule has 3 rings (SSSR count). The minimum atomic E-state index is -0.00731. The van der Waals surface area contributed by atoms with Crippen LogP contribution in [0.1, 0.15) is 24.0 Å². The van der Waals surface area contributed by atoms with Crippen molar-refractivity contribution >= 4 is 23.3 Å². The zero-order valence-corrected chi connectivity index (χ0v) is 15.4. The Labute approximate surface area is 154 Å². The second-order valence-corrected chi connectivity index (χ2v) is 6.79. The first-order valence-corrected chi connectivity index (χ1v) is 9.01. The summed E-state index contributed by atoms with van der Waals surface area (Å²) in [6.07, 6.45) is 2.12. The van der Waals surface area contributed by atoms with E-state index < -0.39 is 0 Å². The van der Waals surface area contributed by atoms with Crippen molar-refractivity contribution in [2.45, 2.75) is 26.2 Å². The third kappa shape index (κ3) is 4.42. The van der Waals surface area contributed by atoms with Gasteiger partial charge in [-0.15, -0.1) is 0 Å². The Kier molecular flexibility index (Phi) is 5.56. The zero-order valence-electron chi connectivity index (χ0n) is 15.4. The quantitative estimate of drug-likeness (QED) is 0.890. The Morgan fingerprint density at radius 3 is 2.42 bits per heavy atom. The van der Waals surface area contributed by atoms with Crippen molar-refractivity contribution in [2.75, 3.05) is 30.4 Å². The summed E-state index contributed by atoms with van der Waals surface area (Å²) >= 11 is 0. The summed E-state index contributed by atoms with van der Waals surface area (Å²) in [5, 5.41) is 2.92. The Morgan fingerprint density at radius 2 is 1.73 bits per heavy atom. The molecule has 0 unspecified atom stereocenters. The van der Waals surface area contributed by atoms with E-state index in [1.165, 1.54) is 5.56 Å². The molecule has 26 heavy (non-hydrogen) atoms. The standard InChI is InChI=1S/C21H25N3O2/c1-16-4-6-17(7-5-16)8-13-20(25)22-18-9-11-19(12-10-18)24-15-3-14-23(2)21(24)26/h4-7,9-12H,3,8,13-15H2,1-2H3,(H,22,25).